The molecule has 4 saturated heterocycles. The van der Waals surface area contributed by atoms with Crippen LogP contribution in [0.25, 0.3) is 0 Å². The van der Waals surface area contributed by atoms with Crippen LogP contribution in [0, 0.1) is 23.7 Å². The minimum absolute atomic E-state index is 0.0463. The molecule has 0 radical (unpaired) electrons. The highest BCUT2D eigenvalue weighted by Crippen LogP contribution is 2.54. The maximum absolute atomic E-state index is 14.8. The highest BCUT2D eigenvalue weighted by molar-refractivity contribution is 8.04. The Morgan fingerprint density at radius 2 is 1.27 bits per heavy atom. The molecule has 0 aliphatic carbocycles. The molecular formula is C34H48N6O9S2. The molecular weight excluding hydrogens is 701 g/mol. The van der Waals surface area contributed by atoms with Gasteiger partial charge in [0.1, 0.15) is 17.4 Å². The first-order chi connectivity index (χ1) is 23.9. The monoisotopic (exact) mass is 748 g/mol. The van der Waals surface area contributed by atoms with Gasteiger partial charge in [-0.3, -0.25) is 24.0 Å². The normalized spacial score (nSPS) is 35.5. The van der Waals surface area contributed by atoms with E-state index in [1.807, 2.05) is 13.8 Å². The van der Waals surface area contributed by atoms with E-state index >= 15 is 0 Å². The first kappa shape index (κ1) is 37.6. The fraction of sp³-hybridized carbons (Fsp3) is 0.706. The summed E-state index contributed by atoms with van der Waals surface area (Å²) in [5.41, 5.74) is 0.0679. The minimum Gasteiger partial charge on any atom is -0.477 e. The Kier molecular flexibility index (Phi) is 10.1. The number of aliphatic carboxylic acids is 1. The molecule has 4 N–H and O–H groups in total. The molecule has 6 aliphatic rings. The lowest BCUT2D eigenvalue weighted by Gasteiger charge is -2.47. The molecule has 51 heavy (non-hydrogen) atoms. The van der Waals surface area contributed by atoms with Gasteiger partial charge in [-0.2, -0.15) is 0 Å². The summed E-state index contributed by atoms with van der Waals surface area (Å²) in [6.07, 6.45) is -1.13. The molecule has 0 saturated carbocycles. The molecule has 15 nitrogen and oxygen atoms in total. The summed E-state index contributed by atoms with van der Waals surface area (Å²) in [4.78, 5) is 88.5. The number of likely N-dealkylation sites (tertiary alicyclic amines) is 1. The number of amides is 5. The van der Waals surface area contributed by atoms with Crippen molar-refractivity contribution in [2.24, 2.45) is 23.7 Å². The van der Waals surface area contributed by atoms with Crippen LogP contribution in [0.4, 0.5) is 0 Å². The lowest BCUT2D eigenvalue weighted by molar-refractivity contribution is -0.163. The average molecular weight is 749 g/mol. The Hall–Kier alpha value is -3.12. The van der Waals surface area contributed by atoms with Crippen molar-refractivity contribution in [1.82, 2.24) is 29.8 Å². The predicted molar refractivity (Wildman–Crippen MR) is 188 cm³/mol. The van der Waals surface area contributed by atoms with Crippen LogP contribution in [0.3, 0.4) is 0 Å². The molecule has 12 atom stereocenters. The summed E-state index contributed by atoms with van der Waals surface area (Å²) in [5, 5.41) is 33.8. The summed E-state index contributed by atoms with van der Waals surface area (Å²) < 4.78 is 0. The van der Waals surface area contributed by atoms with Crippen LogP contribution in [0.2, 0.25) is 0 Å². The fourth-order valence-electron chi connectivity index (χ4n) is 8.78. The van der Waals surface area contributed by atoms with Crippen molar-refractivity contribution in [3.05, 3.63) is 21.2 Å². The number of nitrogens with one attached hydrogen (secondary N) is 1. The quantitative estimate of drug-likeness (QED) is 0.211. The first-order valence-electron chi connectivity index (χ1n) is 17.4. The van der Waals surface area contributed by atoms with E-state index in [4.69, 9.17) is 0 Å². The molecule has 6 rings (SSSR count). The Morgan fingerprint density at radius 1 is 0.784 bits per heavy atom. The van der Waals surface area contributed by atoms with Crippen molar-refractivity contribution >= 4 is 59.0 Å². The van der Waals surface area contributed by atoms with Crippen molar-refractivity contribution in [2.75, 3.05) is 41.3 Å². The van der Waals surface area contributed by atoms with E-state index < -0.39 is 65.2 Å². The number of thioether (sulfide) groups is 2. The third kappa shape index (κ3) is 5.96. The number of β-lactam (4-membered cyclic amide) rings is 2. The van der Waals surface area contributed by atoms with Gasteiger partial charge < -0.3 is 45.1 Å². The minimum atomic E-state index is -1.26. The number of hydrogen-bond acceptors (Lipinski definition) is 11. The summed E-state index contributed by atoms with van der Waals surface area (Å²) in [6.45, 7) is 7.45. The van der Waals surface area contributed by atoms with Crippen LogP contribution in [-0.4, -0.2) is 163 Å². The zero-order valence-electron chi connectivity index (χ0n) is 30.1. The van der Waals surface area contributed by atoms with E-state index in [0.29, 0.717) is 22.8 Å². The van der Waals surface area contributed by atoms with E-state index in [1.165, 1.54) is 54.9 Å². The lowest BCUT2D eigenvalue weighted by atomic mass is 9.79. The zero-order valence-corrected chi connectivity index (χ0v) is 31.7. The number of carboxylic acid groups (broad SMARTS) is 1. The molecule has 17 heteroatoms. The van der Waals surface area contributed by atoms with Gasteiger partial charge in [0.15, 0.2) is 0 Å². The van der Waals surface area contributed by atoms with Crippen LogP contribution >= 0.6 is 23.5 Å². The van der Waals surface area contributed by atoms with Gasteiger partial charge in [0, 0.05) is 73.4 Å². The number of nitrogens with zero attached hydrogens (tertiary/aromatic N) is 5. The second kappa shape index (κ2) is 13.7. The Morgan fingerprint density at radius 3 is 1.76 bits per heavy atom. The zero-order chi connectivity index (χ0) is 37.5. The molecule has 0 unspecified atom stereocenters. The van der Waals surface area contributed by atoms with E-state index in [9.17, 15) is 44.1 Å². The standard InChI is InChI=1S/C34H48N6O9S2/c1-13-23-21(15(3)41)31(45)39(23)25(27(13)50-17-9-19(35-11-17)29(43)36(5)6)33(47)38-12-18(10-20(38)30(44)37(7)8)51-28-14(2)24-22(16(4)42)32(46)40(24)26(28)34(48)49/h13-24,35,41-42H,9-12H2,1-8H3,(H,48,49)/t13-,14-,15-,16-,17+,18+,19-,20+,21-,22-,23-,24-/m1/s1. The van der Waals surface area contributed by atoms with Gasteiger partial charge in [-0.1, -0.05) is 13.8 Å². The molecule has 0 bridgehead atoms. The topological polar surface area (TPSA) is 191 Å². The largest absolute Gasteiger partial charge is 0.477 e. The van der Waals surface area contributed by atoms with E-state index in [0.717, 1.165) is 0 Å². The van der Waals surface area contributed by atoms with Crippen LogP contribution in [0.15, 0.2) is 21.2 Å². The average Bonchev–Trinajstić information content (AvgIpc) is 3.79. The second-order valence-corrected chi connectivity index (χ2v) is 17.8. The number of carbonyl (C=O) groups is 6. The van der Waals surface area contributed by atoms with Gasteiger partial charge in [0.05, 0.1) is 42.2 Å². The molecule has 280 valence electrons. The summed E-state index contributed by atoms with van der Waals surface area (Å²) in [5.74, 6) is -4.97. The van der Waals surface area contributed by atoms with E-state index in [2.05, 4.69) is 5.32 Å². The predicted octanol–water partition coefficient (Wildman–Crippen LogP) is -0.448. The Balaban J connectivity index is 1.31. The van der Waals surface area contributed by atoms with Crippen molar-refractivity contribution in [3.63, 3.8) is 0 Å². The Bertz CT molecular complexity index is 1610. The number of aliphatic hydroxyl groups is 2. The van der Waals surface area contributed by atoms with Gasteiger partial charge in [-0.25, -0.2) is 4.79 Å². The maximum atomic E-state index is 14.8. The lowest BCUT2D eigenvalue weighted by Crippen LogP contribution is -2.64. The van der Waals surface area contributed by atoms with E-state index in [-0.39, 0.29) is 65.2 Å². The third-order valence-corrected chi connectivity index (χ3v) is 14.3. The van der Waals surface area contributed by atoms with Gasteiger partial charge in [0.2, 0.25) is 23.6 Å². The summed E-state index contributed by atoms with van der Waals surface area (Å²) in [6, 6.07) is -2.21. The number of carboxylic acids is 1. The SMILES string of the molecule is C[C@@H](O)[C@H]1C(=O)N2C(C(=O)O)=C(S[C@H]3C[C@@H](C(=O)N(C)C)N(C(=O)C4=C(S[C@@H]5CN[C@@H](C(=O)N(C)C)C5)[C@H](C)[C@@H]5[C@@H]([C@@H](C)O)C(=O)N45)C3)[C@H](C)[C@H]12. The molecule has 0 aromatic heterocycles. The molecule has 0 aromatic rings. The van der Waals surface area contributed by atoms with Gasteiger partial charge in [0.25, 0.3) is 5.91 Å². The van der Waals surface area contributed by atoms with Crippen LogP contribution < -0.4 is 5.32 Å². The van der Waals surface area contributed by atoms with Gasteiger partial charge in [-0.05, 0) is 26.7 Å². The van der Waals surface area contributed by atoms with Crippen LogP contribution in [-0.2, 0) is 28.8 Å². The molecule has 0 spiro atoms. The third-order valence-electron chi connectivity index (χ3n) is 11.3. The molecule has 6 aliphatic heterocycles. The van der Waals surface area contributed by atoms with Crippen molar-refractivity contribution in [1.29, 1.82) is 0 Å². The highest BCUT2D eigenvalue weighted by atomic mass is 32.2. The number of fused-ring (bicyclic) bond motifs is 2. The second-order valence-electron chi connectivity index (χ2n) is 15.1. The number of hydrogen-bond donors (Lipinski definition) is 4. The number of aliphatic hydroxyl groups excluding tert-OH is 2. The van der Waals surface area contributed by atoms with Crippen molar-refractivity contribution in [3.8, 4) is 0 Å². The maximum Gasteiger partial charge on any atom is 0.353 e. The fourth-order valence-corrected chi connectivity index (χ4v) is 11.8. The molecule has 6 heterocycles. The van der Waals surface area contributed by atoms with Crippen LogP contribution in [0.1, 0.15) is 40.5 Å². The summed E-state index contributed by atoms with van der Waals surface area (Å²) >= 11 is 2.71. The highest BCUT2D eigenvalue weighted by Gasteiger charge is 2.63. The van der Waals surface area contributed by atoms with Crippen molar-refractivity contribution in [2.45, 2.75) is 87.4 Å². The molecule has 0 aromatic carbocycles. The smallest absolute Gasteiger partial charge is 0.353 e. The molecule has 5 amide bonds. The van der Waals surface area contributed by atoms with E-state index in [1.54, 1.807) is 35.1 Å². The molecule has 4 fully saturated rings. The summed E-state index contributed by atoms with van der Waals surface area (Å²) in [7, 11) is 6.59. The Labute approximate surface area is 305 Å². The van der Waals surface area contributed by atoms with Gasteiger partial charge in [-0.15, -0.1) is 23.5 Å². The number of likely N-dealkylation sites (N-methyl/N-ethyl adjacent to an activating group) is 2. The van der Waals surface area contributed by atoms with Crippen molar-refractivity contribution < 1.29 is 44.1 Å². The first-order valence-corrected chi connectivity index (χ1v) is 19.2. The number of carbonyl (C=O) groups excluding carboxylic acids is 5. The van der Waals surface area contributed by atoms with Crippen LogP contribution in [0.5, 0.6) is 0 Å². The number of rotatable bonds is 10. The van der Waals surface area contributed by atoms with Gasteiger partial charge >= 0.3 is 5.97 Å².